The quantitative estimate of drug-likeness (QED) is 0.606. The van der Waals surface area contributed by atoms with Crippen LogP contribution in [0.25, 0.3) is 0 Å². The fourth-order valence-corrected chi connectivity index (χ4v) is 2.05. The van der Waals surface area contributed by atoms with Crippen molar-refractivity contribution < 1.29 is 4.79 Å². The number of aryl methyl sites for hydroxylation is 2. The van der Waals surface area contributed by atoms with Gasteiger partial charge in [0.25, 0.3) is 0 Å². The molecule has 0 radical (unpaired) electrons. The Balaban J connectivity index is 2.34. The highest BCUT2D eigenvalue weighted by Gasteiger charge is 2.22. The van der Waals surface area contributed by atoms with Gasteiger partial charge in [0.1, 0.15) is 0 Å². The van der Waals surface area contributed by atoms with Crippen molar-refractivity contribution in [3.05, 3.63) is 17.0 Å². The first-order valence-corrected chi connectivity index (χ1v) is 4.86. The third-order valence-electron chi connectivity index (χ3n) is 2.89. The minimum atomic E-state index is 0.148. The topological polar surface area (TPSA) is 38.1 Å². The lowest BCUT2D eigenvalue weighted by Gasteiger charge is -2.26. The molecule has 1 amide bonds. The van der Waals surface area contributed by atoms with E-state index in [2.05, 4.69) is 5.10 Å². The molecule has 0 unspecified atom stereocenters. The molecule has 4 nitrogen and oxygen atoms in total. The Morgan fingerprint density at radius 2 is 2.21 bits per heavy atom. The van der Waals surface area contributed by atoms with Gasteiger partial charge in [0, 0.05) is 20.5 Å². The minimum Gasteiger partial charge on any atom is -0.337 e. The minimum absolute atomic E-state index is 0.148. The van der Waals surface area contributed by atoms with Crippen molar-refractivity contribution in [2.75, 3.05) is 6.54 Å². The Morgan fingerprint density at radius 1 is 1.50 bits per heavy atom. The van der Waals surface area contributed by atoms with E-state index in [1.807, 2.05) is 23.6 Å². The molecule has 0 aromatic carbocycles. The number of hydrogen-bond donors (Lipinski definition) is 0. The van der Waals surface area contributed by atoms with E-state index in [9.17, 15) is 4.79 Å². The summed E-state index contributed by atoms with van der Waals surface area (Å²) in [6.45, 7) is 5.19. The maximum absolute atomic E-state index is 11.2. The molecule has 1 aliphatic heterocycles. The molecule has 4 heteroatoms. The Bertz CT molecular complexity index is 381. The van der Waals surface area contributed by atoms with Crippen LogP contribution in [-0.4, -0.2) is 27.1 Å². The first-order valence-electron chi connectivity index (χ1n) is 4.86. The van der Waals surface area contributed by atoms with Crippen molar-refractivity contribution in [2.45, 2.75) is 26.8 Å². The van der Waals surface area contributed by atoms with Gasteiger partial charge in [-0.05, 0) is 18.9 Å². The van der Waals surface area contributed by atoms with Gasteiger partial charge in [-0.3, -0.25) is 9.48 Å². The molecule has 0 saturated heterocycles. The van der Waals surface area contributed by atoms with Crippen LogP contribution in [0.2, 0.25) is 0 Å². The number of carbonyl (C=O) groups is 1. The zero-order valence-electron chi connectivity index (χ0n) is 8.87. The van der Waals surface area contributed by atoms with Crippen molar-refractivity contribution in [2.24, 2.45) is 7.05 Å². The second kappa shape index (κ2) is 3.12. The monoisotopic (exact) mass is 193 g/mol. The average molecular weight is 193 g/mol. The lowest BCUT2D eigenvalue weighted by atomic mass is 10.1. The number of hydrogen-bond acceptors (Lipinski definition) is 2. The Labute approximate surface area is 83.5 Å². The second-order valence-electron chi connectivity index (χ2n) is 3.82. The summed E-state index contributed by atoms with van der Waals surface area (Å²) in [5, 5.41) is 4.37. The molecule has 0 fully saturated rings. The van der Waals surface area contributed by atoms with E-state index < -0.39 is 0 Å². The van der Waals surface area contributed by atoms with E-state index in [4.69, 9.17) is 0 Å². The van der Waals surface area contributed by atoms with Crippen molar-refractivity contribution in [1.82, 2.24) is 14.7 Å². The summed E-state index contributed by atoms with van der Waals surface area (Å²) < 4.78 is 1.89. The van der Waals surface area contributed by atoms with E-state index in [1.165, 1.54) is 11.3 Å². The van der Waals surface area contributed by atoms with E-state index in [0.717, 1.165) is 18.7 Å². The van der Waals surface area contributed by atoms with Gasteiger partial charge in [-0.1, -0.05) is 0 Å². The number of rotatable bonds is 0. The van der Waals surface area contributed by atoms with E-state index in [-0.39, 0.29) is 5.91 Å². The van der Waals surface area contributed by atoms with Crippen LogP contribution in [0.15, 0.2) is 0 Å². The number of nitrogens with zero attached hydrogens (tertiary/aromatic N) is 3. The first kappa shape index (κ1) is 9.24. The molecule has 0 N–H and O–H groups in total. The Kier molecular flexibility index (Phi) is 2.06. The van der Waals surface area contributed by atoms with Crippen LogP contribution in [0.5, 0.6) is 0 Å². The summed E-state index contributed by atoms with van der Waals surface area (Å²) in [6, 6.07) is 0. The predicted octanol–water partition coefficient (Wildman–Crippen LogP) is 0.633. The van der Waals surface area contributed by atoms with E-state index in [1.54, 1.807) is 6.92 Å². The van der Waals surface area contributed by atoms with Gasteiger partial charge >= 0.3 is 0 Å². The number of amides is 1. The van der Waals surface area contributed by atoms with Gasteiger partial charge < -0.3 is 4.90 Å². The number of fused-ring (bicyclic) bond motifs is 1. The highest BCUT2D eigenvalue weighted by atomic mass is 16.2. The fourth-order valence-electron chi connectivity index (χ4n) is 2.05. The molecule has 0 bridgehead atoms. The van der Waals surface area contributed by atoms with Crippen LogP contribution in [0.1, 0.15) is 23.9 Å². The van der Waals surface area contributed by atoms with Crippen molar-refractivity contribution >= 4 is 5.91 Å². The summed E-state index contributed by atoms with van der Waals surface area (Å²) in [4.78, 5) is 13.1. The first-order chi connectivity index (χ1) is 6.59. The predicted molar refractivity (Wildman–Crippen MR) is 52.7 cm³/mol. The molecule has 2 heterocycles. The molecule has 2 rings (SSSR count). The normalized spacial score (nSPS) is 15.5. The van der Waals surface area contributed by atoms with E-state index >= 15 is 0 Å². The highest BCUT2D eigenvalue weighted by molar-refractivity contribution is 5.73. The smallest absolute Gasteiger partial charge is 0.219 e. The number of carbonyl (C=O) groups excluding carboxylic acids is 1. The van der Waals surface area contributed by atoms with Crippen molar-refractivity contribution in [3.8, 4) is 0 Å². The lowest BCUT2D eigenvalue weighted by Crippen LogP contribution is -2.34. The lowest BCUT2D eigenvalue weighted by molar-refractivity contribution is -0.129. The second-order valence-corrected chi connectivity index (χ2v) is 3.82. The van der Waals surface area contributed by atoms with Crippen LogP contribution in [-0.2, 0) is 24.8 Å². The summed E-state index contributed by atoms with van der Waals surface area (Å²) >= 11 is 0. The zero-order chi connectivity index (χ0) is 10.3. The zero-order valence-corrected chi connectivity index (χ0v) is 8.87. The van der Waals surface area contributed by atoms with Gasteiger partial charge in [0.15, 0.2) is 0 Å². The third-order valence-corrected chi connectivity index (χ3v) is 2.89. The SMILES string of the molecule is CC(=O)N1CCc2c(C)nn(C)c2C1. The van der Waals surface area contributed by atoms with Gasteiger partial charge in [0.05, 0.1) is 17.9 Å². The molecule has 0 spiro atoms. The van der Waals surface area contributed by atoms with Crippen LogP contribution >= 0.6 is 0 Å². The number of aromatic nitrogens is 2. The van der Waals surface area contributed by atoms with Crippen molar-refractivity contribution in [1.29, 1.82) is 0 Å². The fraction of sp³-hybridized carbons (Fsp3) is 0.600. The molecule has 0 aliphatic carbocycles. The molecular formula is C10H15N3O. The van der Waals surface area contributed by atoms with Crippen molar-refractivity contribution in [3.63, 3.8) is 0 Å². The summed E-state index contributed by atoms with van der Waals surface area (Å²) in [7, 11) is 1.94. The summed E-state index contributed by atoms with van der Waals surface area (Å²) in [6.07, 6.45) is 0.939. The van der Waals surface area contributed by atoms with E-state index in [0.29, 0.717) is 6.54 Å². The molecule has 1 aromatic rings. The van der Waals surface area contributed by atoms with Crippen LogP contribution in [0.3, 0.4) is 0 Å². The van der Waals surface area contributed by atoms with Gasteiger partial charge in [-0.2, -0.15) is 5.10 Å². The van der Waals surface area contributed by atoms with Crippen LogP contribution < -0.4 is 0 Å². The average Bonchev–Trinajstić information content (AvgIpc) is 2.42. The molecule has 0 atom stereocenters. The Hall–Kier alpha value is -1.32. The summed E-state index contributed by atoms with van der Waals surface area (Å²) in [5.74, 6) is 0.148. The summed E-state index contributed by atoms with van der Waals surface area (Å²) in [5.41, 5.74) is 3.61. The molecule has 1 aliphatic rings. The molecule has 76 valence electrons. The third kappa shape index (κ3) is 1.31. The van der Waals surface area contributed by atoms with Gasteiger partial charge in [-0.25, -0.2) is 0 Å². The van der Waals surface area contributed by atoms with Gasteiger partial charge in [0.2, 0.25) is 5.91 Å². The maximum atomic E-state index is 11.2. The molecular weight excluding hydrogens is 178 g/mol. The maximum Gasteiger partial charge on any atom is 0.219 e. The standard InChI is InChI=1S/C10H15N3O/c1-7-9-4-5-13(8(2)14)6-10(9)12(3)11-7/h4-6H2,1-3H3. The van der Waals surface area contributed by atoms with Gasteiger partial charge in [-0.15, -0.1) is 0 Å². The molecule has 14 heavy (non-hydrogen) atoms. The highest BCUT2D eigenvalue weighted by Crippen LogP contribution is 2.21. The van der Waals surface area contributed by atoms with Crippen LogP contribution in [0, 0.1) is 6.92 Å². The van der Waals surface area contributed by atoms with Crippen LogP contribution in [0.4, 0.5) is 0 Å². The Morgan fingerprint density at radius 3 is 2.86 bits per heavy atom. The molecule has 1 aromatic heterocycles. The molecule has 0 saturated carbocycles. The largest absolute Gasteiger partial charge is 0.337 e.